The lowest BCUT2D eigenvalue weighted by atomic mass is 10.1. The fraction of sp³-hybridized carbons (Fsp3) is 0.100. The highest BCUT2D eigenvalue weighted by molar-refractivity contribution is 9.10. The molecular weight excluding hydrogens is 383 g/mol. The van der Waals surface area contributed by atoms with E-state index in [0.717, 1.165) is 23.5 Å². The summed E-state index contributed by atoms with van der Waals surface area (Å²) >= 11 is 9.24. The van der Waals surface area contributed by atoms with Gasteiger partial charge in [-0.15, -0.1) is 10.2 Å². The Labute approximate surface area is 128 Å². The standard InChI is InChI=1S/C10H4BrClF3N3OS/c11-4-1-2-6(5(3-4)10(13,14)15)16-7(19)8-17-18-9(12)20-8/h1-3H,(H,16,19). The lowest BCUT2D eigenvalue weighted by molar-refractivity contribution is -0.136. The van der Waals surface area contributed by atoms with Crippen molar-refractivity contribution in [1.29, 1.82) is 0 Å². The lowest BCUT2D eigenvalue weighted by Gasteiger charge is -2.13. The molecule has 0 aliphatic carbocycles. The molecule has 10 heteroatoms. The molecule has 0 atom stereocenters. The van der Waals surface area contributed by atoms with Crippen molar-refractivity contribution < 1.29 is 18.0 Å². The van der Waals surface area contributed by atoms with Crippen molar-refractivity contribution in [3.8, 4) is 0 Å². The Balaban J connectivity index is 2.32. The maximum Gasteiger partial charge on any atom is 0.418 e. The maximum absolute atomic E-state index is 12.9. The molecule has 4 nitrogen and oxygen atoms in total. The number of hydrogen-bond acceptors (Lipinski definition) is 4. The van der Waals surface area contributed by atoms with Crippen LogP contribution in [0, 0.1) is 0 Å². The van der Waals surface area contributed by atoms with Crippen LogP contribution in [0.1, 0.15) is 15.4 Å². The lowest BCUT2D eigenvalue weighted by Crippen LogP contribution is -2.16. The molecule has 1 heterocycles. The van der Waals surface area contributed by atoms with Gasteiger partial charge in [-0.1, -0.05) is 27.3 Å². The second kappa shape index (κ2) is 5.66. The van der Waals surface area contributed by atoms with Crippen LogP contribution < -0.4 is 5.32 Å². The molecule has 0 saturated heterocycles. The number of alkyl halides is 3. The third kappa shape index (κ3) is 3.47. The number of aromatic nitrogens is 2. The molecule has 106 valence electrons. The van der Waals surface area contributed by atoms with E-state index in [9.17, 15) is 18.0 Å². The van der Waals surface area contributed by atoms with E-state index in [2.05, 4.69) is 31.4 Å². The third-order valence-electron chi connectivity index (χ3n) is 2.13. The topological polar surface area (TPSA) is 54.9 Å². The minimum atomic E-state index is -4.59. The molecule has 0 aliphatic heterocycles. The highest BCUT2D eigenvalue weighted by Gasteiger charge is 2.34. The first kappa shape index (κ1) is 15.2. The number of halogens is 5. The number of nitrogens with zero attached hydrogens (tertiary/aromatic N) is 2. The van der Waals surface area contributed by atoms with Crippen LogP contribution in [0.3, 0.4) is 0 Å². The summed E-state index contributed by atoms with van der Waals surface area (Å²) in [5, 5.41) is 8.89. The van der Waals surface area contributed by atoms with E-state index < -0.39 is 17.6 Å². The van der Waals surface area contributed by atoms with Crippen molar-refractivity contribution in [2.24, 2.45) is 0 Å². The zero-order valence-corrected chi connectivity index (χ0v) is 12.5. The van der Waals surface area contributed by atoms with Gasteiger partial charge in [0.15, 0.2) is 0 Å². The number of hydrogen-bond donors (Lipinski definition) is 1. The molecule has 20 heavy (non-hydrogen) atoms. The van der Waals surface area contributed by atoms with Crippen LogP contribution in [0.5, 0.6) is 0 Å². The van der Waals surface area contributed by atoms with Crippen LogP contribution in [-0.4, -0.2) is 16.1 Å². The van der Waals surface area contributed by atoms with Crippen molar-refractivity contribution >= 4 is 50.5 Å². The fourth-order valence-corrected chi connectivity index (χ4v) is 2.42. The number of benzene rings is 1. The van der Waals surface area contributed by atoms with Crippen molar-refractivity contribution in [2.45, 2.75) is 6.18 Å². The molecule has 0 radical (unpaired) electrons. The molecule has 0 saturated carbocycles. The largest absolute Gasteiger partial charge is 0.418 e. The summed E-state index contributed by atoms with van der Waals surface area (Å²) in [7, 11) is 0. The summed E-state index contributed by atoms with van der Waals surface area (Å²) in [6.45, 7) is 0. The zero-order chi connectivity index (χ0) is 14.9. The van der Waals surface area contributed by atoms with E-state index in [1.807, 2.05) is 0 Å². The Morgan fingerprint density at radius 3 is 2.60 bits per heavy atom. The smallest absolute Gasteiger partial charge is 0.319 e. The van der Waals surface area contributed by atoms with Crippen LogP contribution >= 0.6 is 38.9 Å². The Morgan fingerprint density at radius 1 is 1.35 bits per heavy atom. The van der Waals surface area contributed by atoms with E-state index >= 15 is 0 Å². The van der Waals surface area contributed by atoms with E-state index in [0.29, 0.717) is 0 Å². The first-order valence-corrected chi connectivity index (χ1v) is 6.93. The zero-order valence-electron chi connectivity index (χ0n) is 9.33. The predicted molar refractivity (Wildman–Crippen MR) is 72.0 cm³/mol. The molecule has 0 fully saturated rings. The molecule has 0 bridgehead atoms. The van der Waals surface area contributed by atoms with Crippen LogP contribution in [0.2, 0.25) is 4.47 Å². The molecule has 1 N–H and O–H groups in total. The van der Waals surface area contributed by atoms with Gasteiger partial charge in [0.25, 0.3) is 5.91 Å². The minimum Gasteiger partial charge on any atom is -0.319 e. The molecule has 0 aliphatic rings. The minimum absolute atomic E-state index is 0.0296. The van der Waals surface area contributed by atoms with Gasteiger partial charge in [0.1, 0.15) is 0 Å². The normalized spacial score (nSPS) is 11.4. The highest BCUT2D eigenvalue weighted by atomic mass is 79.9. The summed E-state index contributed by atoms with van der Waals surface area (Å²) in [6.07, 6.45) is -4.59. The molecule has 1 aromatic heterocycles. The summed E-state index contributed by atoms with van der Waals surface area (Å²) in [6, 6.07) is 3.41. The summed E-state index contributed by atoms with van der Waals surface area (Å²) in [5.74, 6) is -0.803. The van der Waals surface area contributed by atoms with Crippen LogP contribution in [0.15, 0.2) is 22.7 Å². The summed E-state index contributed by atoms with van der Waals surface area (Å²) in [5.41, 5.74) is -1.33. The summed E-state index contributed by atoms with van der Waals surface area (Å²) in [4.78, 5) is 11.8. The van der Waals surface area contributed by atoms with Crippen molar-refractivity contribution in [2.75, 3.05) is 5.32 Å². The van der Waals surface area contributed by atoms with Gasteiger partial charge in [0, 0.05) is 4.47 Å². The third-order valence-corrected chi connectivity index (χ3v) is 3.64. The van der Waals surface area contributed by atoms with Crippen molar-refractivity contribution in [3.05, 3.63) is 37.7 Å². The summed E-state index contributed by atoms with van der Waals surface area (Å²) < 4.78 is 38.9. The maximum atomic E-state index is 12.9. The SMILES string of the molecule is O=C(Nc1ccc(Br)cc1C(F)(F)F)c1nnc(Cl)s1. The van der Waals surface area contributed by atoms with Gasteiger partial charge >= 0.3 is 6.18 Å². The quantitative estimate of drug-likeness (QED) is 0.840. The van der Waals surface area contributed by atoms with Gasteiger partial charge in [0.2, 0.25) is 9.47 Å². The van der Waals surface area contributed by atoms with Gasteiger partial charge in [-0.3, -0.25) is 4.79 Å². The average molecular weight is 387 g/mol. The second-order valence-electron chi connectivity index (χ2n) is 3.50. The number of carbonyl (C=O) groups excluding carboxylic acids is 1. The molecule has 1 aromatic carbocycles. The first-order valence-electron chi connectivity index (χ1n) is 4.94. The van der Waals surface area contributed by atoms with Crippen LogP contribution in [0.25, 0.3) is 0 Å². The van der Waals surface area contributed by atoms with Gasteiger partial charge in [-0.25, -0.2) is 0 Å². The Hall–Kier alpha value is -1.19. The number of amides is 1. The second-order valence-corrected chi connectivity index (χ2v) is 5.98. The van der Waals surface area contributed by atoms with Crippen LogP contribution in [0.4, 0.5) is 18.9 Å². The van der Waals surface area contributed by atoms with E-state index in [1.54, 1.807) is 0 Å². The molecule has 1 amide bonds. The molecule has 2 aromatic rings. The number of rotatable bonds is 2. The predicted octanol–water partition coefficient (Wildman–Crippen LogP) is 4.23. The van der Waals surface area contributed by atoms with E-state index in [-0.39, 0.29) is 19.6 Å². The average Bonchev–Trinajstić information content (AvgIpc) is 2.77. The Bertz CT molecular complexity index is 661. The molecule has 0 spiro atoms. The van der Waals surface area contributed by atoms with Gasteiger partial charge in [-0.05, 0) is 29.8 Å². The van der Waals surface area contributed by atoms with Crippen LogP contribution in [-0.2, 0) is 6.18 Å². The first-order chi connectivity index (χ1) is 9.27. The fourth-order valence-electron chi connectivity index (χ4n) is 1.33. The van der Waals surface area contributed by atoms with E-state index in [1.165, 1.54) is 6.07 Å². The monoisotopic (exact) mass is 385 g/mol. The van der Waals surface area contributed by atoms with Crippen molar-refractivity contribution in [1.82, 2.24) is 10.2 Å². The molecule has 0 unspecified atom stereocenters. The number of anilines is 1. The van der Waals surface area contributed by atoms with Gasteiger partial charge < -0.3 is 5.32 Å². The van der Waals surface area contributed by atoms with Gasteiger partial charge in [-0.2, -0.15) is 13.2 Å². The number of carbonyl (C=O) groups is 1. The van der Waals surface area contributed by atoms with Gasteiger partial charge in [0.05, 0.1) is 11.3 Å². The Kier molecular flexibility index (Phi) is 4.31. The number of nitrogens with one attached hydrogen (secondary N) is 1. The Morgan fingerprint density at radius 2 is 2.05 bits per heavy atom. The molecular formula is C10H4BrClF3N3OS. The molecule has 2 rings (SSSR count). The van der Waals surface area contributed by atoms with Crippen molar-refractivity contribution in [3.63, 3.8) is 0 Å². The van der Waals surface area contributed by atoms with E-state index in [4.69, 9.17) is 11.6 Å². The highest BCUT2D eigenvalue weighted by Crippen LogP contribution is 2.36.